The second kappa shape index (κ2) is 8.83. The minimum atomic E-state index is -0.495. The molecule has 2 N–H and O–H groups in total. The highest BCUT2D eigenvalue weighted by molar-refractivity contribution is 5.97. The second-order valence-electron chi connectivity index (χ2n) is 7.09. The highest BCUT2D eigenvalue weighted by atomic mass is 16.5. The van der Waals surface area contributed by atoms with Crippen LogP contribution in [-0.4, -0.2) is 24.7 Å². The van der Waals surface area contributed by atoms with Gasteiger partial charge in [0.2, 0.25) is 0 Å². The number of aromatic nitrogens is 1. The van der Waals surface area contributed by atoms with Crippen molar-refractivity contribution in [1.29, 1.82) is 0 Å². The zero-order chi connectivity index (χ0) is 21.8. The summed E-state index contributed by atoms with van der Waals surface area (Å²) in [4.78, 5) is 12.1. The largest absolute Gasteiger partial charge is 0.496 e. The van der Waals surface area contributed by atoms with Crippen LogP contribution in [0.2, 0.25) is 0 Å². The van der Waals surface area contributed by atoms with Crippen LogP contribution >= 0.6 is 0 Å². The van der Waals surface area contributed by atoms with E-state index < -0.39 is 5.91 Å². The Morgan fingerprint density at radius 3 is 2.32 bits per heavy atom. The maximum Gasteiger partial charge on any atom is 0.265 e. The van der Waals surface area contributed by atoms with E-state index in [0.29, 0.717) is 36.1 Å². The first-order chi connectivity index (χ1) is 15.1. The van der Waals surface area contributed by atoms with Crippen LogP contribution in [0.4, 0.5) is 0 Å². The summed E-state index contributed by atoms with van der Waals surface area (Å²) in [7, 11) is 3.20. The number of benzene rings is 3. The van der Waals surface area contributed by atoms with Crippen LogP contribution in [0.15, 0.2) is 72.8 Å². The zero-order valence-corrected chi connectivity index (χ0v) is 17.5. The van der Waals surface area contributed by atoms with Gasteiger partial charge >= 0.3 is 0 Å². The summed E-state index contributed by atoms with van der Waals surface area (Å²) in [5.41, 5.74) is 8.80. The summed E-state index contributed by atoms with van der Waals surface area (Å²) in [6, 6.07) is 23.1. The first-order valence-electron chi connectivity index (χ1n) is 9.91. The Balaban J connectivity index is 1.76. The van der Waals surface area contributed by atoms with Crippen molar-refractivity contribution in [2.24, 2.45) is 5.73 Å². The summed E-state index contributed by atoms with van der Waals surface area (Å²) in [5.74, 6) is 1.30. The quantitative estimate of drug-likeness (QED) is 0.462. The molecule has 0 aliphatic rings. The van der Waals surface area contributed by atoms with Crippen LogP contribution in [0.25, 0.3) is 10.9 Å². The highest BCUT2D eigenvalue weighted by Crippen LogP contribution is 2.39. The van der Waals surface area contributed by atoms with E-state index in [2.05, 4.69) is 0 Å². The average Bonchev–Trinajstić information content (AvgIpc) is 3.17. The lowest BCUT2D eigenvalue weighted by atomic mass is 10.1. The van der Waals surface area contributed by atoms with Gasteiger partial charge in [-0.2, -0.15) is 0 Å². The van der Waals surface area contributed by atoms with Crippen LogP contribution in [-0.2, 0) is 13.2 Å². The molecule has 0 aliphatic carbocycles. The third kappa shape index (κ3) is 4.05. The number of carbonyl (C=O) groups is 1. The maximum atomic E-state index is 12.1. The number of primary amides is 1. The van der Waals surface area contributed by atoms with Gasteiger partial charge in [-0.3, -0.25) is 4.79 Å². The Morgan fingerprint density at radius 2 is 1.61 bits per heavy atom. The lowest BCUT2D eigenvalue weighted by Gasteiger charge is -2.19. The number of nitrogens with zero attached hydrogens (tertiary/aromatic N) is 1. The minimum absolute atomic E-state index is 0.334. The zero-order valence-electron chi connectivity index (χ0n) is 17.5. The Bertz CT molecular complexity index is 1220. The molecule has 0 saturated heterocycles. The summed E-state index contributed by atoms with van der Waals surface area (Å²) < 4.78 is 19.3. The van der Waals surface area contributed by atoms with Crippen molar-refractivity contribution in [2.75, 3.05) is 14.2 Å². The topological polar surface area (TPSA) is 75.7 Å². The number of hydrogen-bond acceptors (Lipinski definition) is 4. The summed E-state index contributed by atoms with van der Waals surface area (Å²) in [6.07, 6.45) is 0. The maximum absolute atomic E-state index is 12.1. The molecule has 0 radical (unpaired) electrons. The molecule has 6 nitrogen and oxygen atoms in total. The molecular weight excluding hydrogens is 392 g/mol. The van der Waals surface area contributed by atoms with Crippen molar-refractivity contribution < 1.29 is 19.0 Å². The Labute approximate surface area is 180 Å². The van der Waals surface area contributed by atoms with Gasteiger partial charge in [0.1, 0.15) is 18.1 Å². The van der Waals surface area contributed by atoms with E-state index in [1.54, 1.807) is 20.3 Å². The molecule has 0 aliphatic heterocycles. The number of hydrogen-bond donors (Lipinski definition) is 1. The molecule has 31 heavy (non-hydrogen) atoms. The van der Waals surface area contributed by atoms with Crippen LogP contribution in [0.3, 0.4) is 0 Å². The Hall–Kier alpha value is -3.93. The number of nitrogens with two attached hydrogens (primary N) is 1. The van der Waals surface area contributed by atoms with E-state index >= 15 is 0 Å². The minimum Gasteiger partial charge on any atom is -0.496 e. The van der Waals surface area contributed by atoms with Crippen molar-refractivity contribution in [3.8, 4) is 17.2 Å². The van der Waals surface area contributed by atoms with E-state index in [-0.39, 0.29) is 0 Å². The molecular formula is C25H24N2O4. The highest BCUT2D eigenvalue weighted by Gasteiger charge is 2.20. The molecule has 0 bridgehead atoms. The Morgan fingerprint density at radius 1 is 0.903 bits per heavy atom. The van der Waals surface area contributed by atoms with Gasteiger partial charge in [-0.15, -0.1) is 0 Å². The molecule has 158 valence electrons. The monoisotopic (exact) mass is 416 g/mol. The third-order valence-electron chi connectivity index (χ3n) is 5.22. The second-order valence-corrected chi connectivity index (χ2v) is 7.09. The number of methoxy groups -OCH3 is 2. The van der Waals surface area contributed by atoms with E-state index in [0.717, 1.165) is 22.0 Å². The number of amides is 1. The van der Waals surface area contributed by atoms with E-state index in [1.807, 2.05) is 71.3 Å². The van der Waals surface area contributed by atoms with Crippen molar-refractivity contribution in [3.05, 3.63) is 89.6 Å². The smallest absolute Gasteiger partial charge is 0.265 e. The molecule has 3 aromatic carbocycles. The van der Waals surface area contributed by atoms with Gasteiger partial charge in [-0.05, 0) is 29.8 Å². The molecule has 1 aromatic heterocycles. The van der Waals surface area contributed by atoms with Crippen LogP contribution in [0, 0.1) is 0 Å². The molecule has 0 unspecified atom stereocenters. The van der Waals surface area contributed by atoms with E-state index in [4.69, 9.17) is 19.9 Å². The number of carbonyl (C=O) groups excluding carboxylic acids is 1. The van der Waals surface area contributed by atoms with Gasteiger partial charge in [0.15, 0.2) is 11.5 Å². The molecule has 1 amide bonds. The fraction of sp³-hybridized carbons (Fsp3) is 0.160. The predicted octanol–water partition coefficient (Wildman–Crippen LogP) is 4.38. The molecule has 4 aromatic rings. The number of para-hydroxylation sites is 1. The van der Waals surface area contributed by atoms with E-state index in [1.165, 1.54) is 0 Å². The summed E-state index contributed by atoms with van der Waals surface area (Å²) >= 11 is 0. The van der Waals surface area contributed by atoms with Gasteiger partial charge in [-0.1, -0.05) is 48.5 Å². The first-order valence-corrected chi connectivity index (χ1v) is 9.91. The molecule has 0 spiro atoms. The Kier molecular flexibility index (Phi) is 5.80. The van der Waals surface area contributed by atoms with Gasteiger partial charge in [0, 0.05) is 10.9 Å². The van der Waals surface area contributed by atoms with Crippen LogP contribution in [0.1, 0.15) is 21.6 Å². The third-order valence-corrected chi connectivity index (χ3v) is 5.22. The standard InChI is InChI=1S/C25H24N2O4/c1-29-22-12-13-23(31-16-17-8-4-3-5-9-17)24(30-2)19(22)15-27-20-11-7-6-10-18(20)14-21(27)25(26)28/h3-14H,15-16H2,1-2H3,(H2,26,28). The summed E-state index contributed by atoms with van der Waals surface area (Å²) in [6.45, 7) is 0.739. The lowest BCUT2D eigenvalue weighted by Crippen LogP contribution is -2.18. The summed E-state index contributed by atoms with van der Waals surface area (Å²) in [5, 5.41) is 0.936. The molecule has 0 saturated carbocycles. The predicted molar refractivity (Wildman–Crippen MR) is 120 cm³/mol. The van der Waals surface area contributed by atoms with Gasteiger partial charge in [-0.25, -0.2) is 0 Å². The number of rotatable bonds is 8. The SMILES string of the molecule is COc1ccc(OCc2ccccc2)c(OC)c1Cn1c(C(N)=O)cc2ccccc21. The van der Waals surface area contributed by atoms with E-state index in [9.17, 15) is 4.79 Å². The van der Waals surface area contributed by atoms with Crippen molar-refractivity contribution >= 4 is 16.8 Å². The van der Waals surface area contributed by atoms with Crippen LogP contribution < -0.4 is 19.9 Å². The normalized spacial score (nSPS) is 10.8. The van der Waals surface area contributed by atoms with Gasteiger partial charge in [0.05, 0.1) is 26.3 Å². The van der Waals surface area contributed by atoms with Gasteiger partial charge < -0.3 is 24.5 Å². The molecule has 6 heteroatoms. The molecule has 1 heterocycles. The van der Waals surface area contributed by atoms with Crippen molar-refractivity contribution in [2.45, 2.75) is 13.2 Å². The average molecular weight is 416 g/mol. The molecule has 4 rings (SSSR count). The molecule has 0 fully saturated rings. The van der Waals surface area contributed by atoms with Crippen molar-refractivity contribution in [3.63, 3.8) is 0 Å². The fourth-order valence-electron chi connectivity index (χ4n) is 3.74. The number of fused-ring (bicyclic) bond motifs is 1. The van der Waals surface area contributed by atoms with Crippen LogP contribution in [0.5, 0.6) is 17.2 Å². The van der Waals surface area contributed by atoms with Gasteiger partial charge in [0.25, 0.3) is 5.91 Å². The first kappa shape index (κ1) is 20.3. The van der Waals surface area contributed by atoms with Crippen molar-refractivity contribution in [1.82, 2.24) is 4.57 Å². The lowest BCUT2D eigenvalue weighted by molar-refractivity contribution is 0.0992. The fourth-order valence-corrected chi connectivity index (χ4v) is 3.74. The molecule has 0 atom stereocenters. The number of ether oxygens (including phenoxy) is 3.